The lowest BCUT2D eigenvalue weighted by atomic mass is 10.1. The summed E-state index contributed by atoms with van der Waals surface area (Å²) in [7, 11) is 0. The maximum Gasteiger partial charge on any atom is 0.328 e. The predicted octanol–water partition coefficient (Wildman–Crippen LogP) is -4.12. The van der Waals surface area contributed by atoms with Crippen LogP contribution < -0.4 is 27.8 Å². The highest BCUT2D eigenvalue weighted by Crippen LogP contribution is 2.19. The molecule has 0 radical (unpaired) electrons. The highest BCUT2D eigenvalue weighted by molar-refractivity contribution is 5.94. The summed E-state index contributed by atoms with van der Waals surface area (Å²) >= 11 is 0. The van der Waals surface area contributed by atoms with Crippen LogP contribution in [-0.2, 0) is 28.8 Å². The van der Waals surface area contributed by atoms with E-state index < -0.39 is 66.3 Å². The van der Waals surface area contributed by atoms with Gasteiger partial charge >= 0.3 is 5.97 Å². The van der Waals surface area contributed by atoms with E-state index in [2.05, 4.69) is 10.6 Å². The Kier molecular flexibility index (Phi) is 10.5. The molecule has 0 aliphatic carbocycles. The standard InChI is InChI=1S/C18H30N6O8/c19-9(3-5-13(20)26)17(30)24-7-1-2-12(24)16(29)22-10(4-6-14(21)27)15(28)23-11(8-25)18(31)32/h9-12,25H,1-8,19H2,(H2,20,26)(H2,21,27)(H,22,29)(H,23,28)(H,31,32)/t9-,10-,11-,12-/m0/s1. The van der Waals surface area contributed by atoms with E-state index in [9.17, 15) is 28.8 Å². The fraction of sp³-hybridized carbons (Fsp3) is 0.667. The highest BCUT2D eigenvalue weighted by Gasteiger charge is 2.38. The van der Waals surface area contributed by atoms with Crippen molar-refractivity contribution in [1.29, 1.82) is 0 Å². The number of aliphatic carboxylic acids is 1. The third-order valence-corrected chi connectivity index (χ3v) is 4.97. The van der Waals surface area contributed by atoms with E-state index in [1.54, 1.807) is 0 Å². The molecule has 1 aliphatic heterocycles. The van der Waals surface area contributed by atoms with Crippen molar-refractivity contribution in [1.82, 2.24) is 15.5 Å². The number of nitrogens with one attached hydrogen (secondary N) is 2. The maximum atomic E-state index is 12.8. The minimum absolute atomic E-state index is 0.0143. The summed E-state index contributed by atoms with van der Waals surface area (Å²) in [5.74, 6) is -5.03. The first kappa shape index (κ1) is 26.8. The normalized spacial score (nSPS) is 18.3. The fourth-order valence-electron chi connectivity index (χ4n) is 3.22. The Morgan fingerprint density at radius 1 is 0.969 bits per heavy atom. The Labute approximate surface area is 183 Å². The number of hydrogen-bond donors (Lipinski definition) is 7. The van der Waals surface area contributed by atoms with Crippen molar-refractivity contribution in [3.8, 4) is 0 Å². The molecule has 0 spiro atoms. The first-order chi connectivity index (χ1) is 15.0. The summed E-state index contributed by atoms with van der Waals surface area (Å²) in [6.07, 6.45) is 0.210. The van der Waals surface area contributed by atoms with E-state index in [-0.39, 0.29) is 32.2 Å². The van der Waals surface area contributed by atoms with E-state index in [0.29, 0.717) is 12.8 Å². The first-order valence-electron chi connectivity index (χ1n) is 10.0. The summed E-state index contributed by atoms with van der Waals surface area (Å²) in [6, 6.07) is -4.92. The van der Waals surface area contributed by atoms with Gasteiger partial charge in [-0.1, -0.05) is 0 Å². The predicted molar refractivity (Wildman–Crippen MR) is 108 cm³/mol. The number of nitrogens with zero attached hydrogens (tertiary/aromatic N) is 1. The van der Waals surface area contributed by atoms with Gasteiger partial charge in [-0.3, -0.25) is 24.0 Å². The summed E-state index contributed by atoms with van der Waals surface area (Å²) in [5.41, 5.74) is 16.0. The lowest BCUT2D eigenvalue weighted by Gasteiger charge is -2.28. The van der Waals surface area contributed by atoms with Crippen LogP contribution in [0.15, 0.2) is 0 Å². The molecule has 1 aliphatic rings. The van der Waals surface area contributed by atoms with Crippen LogP contribution >= 0.6 is 0 Å². The average Bonchev–Trinajstić information content (AvgIpc) is 3.21. The van der Waals surface area contributed by atoms with E-state index in [1.807, 2.05) is 0 Å². The molecular formula is C18H30N6O8. The van der Waals surface area contributed by atoms with Crippen LogP contribution in [0.25, 0.3) is 0 Å². The zero-order valence-corrected chi connectivity index (χ0v) is 17.5. The van der Waals surface area contributed by atoms with Gasteiger partial charge in [0.05, 0.1) is 12.6 Å². The zero-order chi connectivity index (χ0) is 24.4. The number of aliphatic hydroxyl groups is 1. The van der Waals surface area contributed by atoms with Gasteiger partial charge < -0.3 is 42.9 Å². The second kappa shape index (κ2) is 12.6. The van der Waals surface area contributed by atoms with Gasteiger partial charge in [0.15, 0.2) is 0 Å². The molecule has 0 unspecified atom stereocenters. The molecule has 5 amide bonds. The Bertz CT molecular complexity index is 745. The molecule has 0 aromatic heterocycles. The summed E-state index contributed by atoms with van der Waals surface area (Å²) in [6.45, 7) is -0.642. The highest BCUT2D eigenvalue weighted by atomic mass is 16.4. The van der Waals surface area contributed by atoms with Crippen LogP contribution in [0.4, 0.5) is 0 Å². The molecule has 14 heteroatoms. The molecule has 0 bridgehead atoms. The second-order valence-electron chi connectivity index (χ2n) is 7.45. The molecule has 1 heterocycles. The number of carbonyl (C=O) groups excluding carboxylic acids is 5. The number of amides is 5. The van der Waals surface area contributed by atoms with E-state index in [1.165, 1.54) is 4.90 Å². The Morgan fingerprint density at radius 2 is 1.56 bits per heavy atom. The molecular weight excluding hydrogens is 428 g/mol. The average molecular weight is 458 g/mol. The zero-order valence-electron chi connectivity index (χ0n) is 17.5. The molecule has 180 valence electrons. The van der Waals surface area contributed by atoms with Gasteiger partial charge in [-0.2, -0.15) is 0 Å². The number of aliphatic hydroxyl groups excluding tert-OH is 1. The number of nitrogens with two attached hydrogens (primary N) is 3. The van der Waals surface area contributed by atoms with Gasteiger partial charge in [0.2, 0.25) is 29.5 Å². The number of likely N-dealkylation sites (tertiary alicyclic amines) is 1. The number of carboxylic acids is 1. The number of carbonyl (C=O) groups is 6. The van der Waals surface area contributed by atoms with Crippen LogP contribution in [0.1, 0.15) is 38.5 Å². The van der Waals surface area contributed by atoms with E-state index in [0.717, 1.165) is 0 Å². The van der Waals surface area contributed by atoms with Crippen molar-refractivity contribution >= 4 is 35.5 Å². The van der Waals surface area contributed by atoms with Gasteiger partial charge in [-0.15, -0.1) is 0 Å². The topological polar surface area (TPSA) is 248 Å². The molecule has 4 atom stereocenters. The molecule has 1 rings (SSSR count). The third kappa shape index (κ3) is 8.11. The van der Waals surface area contributed by atoms with Gasteiger partial charge in [0.25, 0.3) is 0 Å². The lowest BCUT2D eigenvalue weighted by Crippen LogP contribution is -2.57. The first-order valence-corrected chi connectivity index (χ1v) is 10.0. The van der Waals surface area contributed by atoms with E-state index >= 15 is 0 Å². The van der Waals surface area contributed by atoms with Crippen LogP contribution in [0.3, 0.4) is 0 Å². The minimum Gasteiger partial charge on any atom is -0.480 e. The molecule has 0 saturated carbocycles. The number of rotatable bonds is 13. The van der Waals surface area contributed by atoms with Crippen molar-refractivity contribution < 1.29 is 39.0 Å². The Morgan fingerprint density at radius 3 is 2.09 bits per heavy atom. The molecule has 1 fully saturated rings. The van der Waals surface area contributed by atoms with Crippen LogP contribution in [0.5, 0.6) is 0 Å². The fourth-order valence-corrected chi connectivity index (χ4v) is 3.22. The number of carboxylic acid groups (broad SMARTS) is 1. The summed E-state index contributed by atoms with van der Waals surface area (Å²) in [5, 5.41) is 22.5. The number of hydrogen-bond acceptors (Lipinski definition) is 8. The Hall–Kier alpha value is -3.26. The quantitative estimate of drug-likeness (QED) is 0.141. The van der Waals surface area contributed by atoms with Crippen molar-refractivity contribution in [2.75, 3.05) is 13.2 Å². The molecule has 14 nitrogen and oxygen atoms in total. The van der Waals surface area contributed by atoms with Crippen molar-refractivity contribution in [3.05, 3.63) is 0 Å². The smallest absolute Gasteiger partial charge is 0.328 e. The molecule has 10 N–H and O–H groups in total. The number of primary amides is 2. The van der Waals surface area contributed by atoms with Crippen molar-refractivity contribution in [2.24, 2.45) is 17.2 Å². The van der Waals surface area contributed by atoms with Crippen LogP contribution in [-0.4, -0.2) is 87.9 Å². The van der Waals surface area contributed by atoms with Gasteiger partial charge in [0.1, 0.15) is 18.1 Å². The van der Waals surface area contributed by atoms with Crippen molar-refractivity contribution in [2.45, 2.75) is 62.7 Å². The second-order valence-corrected chi connectivity index (χ2v) is 7.45. The maximum absolute atomic E-state index is 12.8. The van der Waals surface area contributed by atoms with Gasteiger partial charge in [0, 0.05) is 19.4 Å². The van der Waals surface area contributed by atoms with Gasteiger partial charge in [-0.05, 0) is 25.7 Å². The molecule has 1 saturated heterocycles. The third-order valence-electron chi connectivity index (χ3n) is 4.97. The summed E-state index contributed by atoms with van der Waals surface area (Å²) in [4.78, 5) is 72.2. The molecule has 0 aromatic rings. The van der Waals surface area contributed by atoms with Crippen LogP contribution in [0.2, 0.25) is 0 Å². The summed E-state index contributed by atoms with van der Waals surface area (Å²) < 4.78 is 0. The van der Waals surface area contributed by atoms with E-state index in [4.69, 9.17) is 27.4 Å². The Balaban J connectivity index is 2.88. The van der Waals surface area contributed by atoms with Gasteiger partial charge in [-0.25, -0.2) is 4.79 Å². The molecule has 32 heavy (non-hydrogen) atoms. The van der Waals surface area contributed by atoms with Crippen molar-refractivity contribution in [3.63, 3.8) is 0 Å². The minimum atomic E-state index is -1.61. The lowest BCUT2D eigenvalue weighted by molar-refractivity contribution is -0.144. The largest absolute Gasteiger partial charge is 0.480 e. The molecule has 0 aromatic carbocycles. The van der Waals surface area contributed by atoms with Crippen LogP contribution in [0, 0.1) is 0 Å². The SMILES string of the molecule is NC(=O)CC[C@H](NC(=O)[C@@H]1CCCN1C(=O)[C@@H](N)CCC(N)=O)C(=O)N[C@@H](CO)C(=O)O. The monoisotopic (exact) mass is 458 g/mol.